The molecule has 16 heavy (non-hydrogen) atoms. The van der Waals surface area contributed by atoms with Crippen molar-refractivity contribution < 1.29 is 0 Å². The number of anilines is 1. The average molecular weight is 233 g/mol. The highest BCUT2D eigenvalue weighted by molar-refractivity contribution is 6.32. The highest BCUT2D eigenvalue weighted by Gasteiger charge is 2.02. The monoisotopic (exact) mass is 232 g/mol. The summed E-state index contributed by atoms with van der Waals surface area (Å²) in [6.07, 6.45) is 0. The van der Waals surface area contributed by atoms with E-state index in [1.54, 1.807) is 24.3 Å². The van der Waals surface area contributed by atoms with Gasteiger partial charge in [0.05, 0.1) is 5.69 Å². The first kappa shape index (κ1) is 12.0. The lowest BCUT2D eigenvalue weighted by atomic mass is 10.1. The number of benzene rings is 1. The lowest BCUT2D eigenvalue weighted by molar-refractivity contribution is 1.30. The molecule has 0 aliphatic rings. The molecule has 1 aromatic carbocycles. The molecule has 1 aromatic rings. The molecule has 0 aromatic heterocycles. The smallest absolute Gasteiger partial charge is 0.237 e. The van der Waals surface area contributed by atoms with Crippen molar-refractivity contribution in [3.63, 3.8) is 0 Å². The zero-order chi connectivity index (χ0) is 12.1. The van der Waals surface area contributed by atoms with Crippen LogP contribution < -0.4 is 5.43 Å². The van der Waals surface area contributed by atoms with E-state index in [0.29, 0.717) is 10.7 Å². The molecule has 0 saturated heterocycles. The Labute approximate surface area is 98.8 Å². The van der Waals surface area contributed by atoms with Gasteiger partial charge in [-0.15, -0.1) is 0 Å². The summed E-state index contributed by atoms with van der Waals surface area (Å²) in [6.45, 7) is 3.75. The molecule has 0 saturated carbocycles. The van der Waals surface area contributed by atoms with Crippen LogP contribution in [0.5, 0.6) is 0 Å². The van der Waals surface area contributed by atoms with E-state index in [9.17, 15) is 0 Å². The number of aryl methyl sites for hydroxylation is 2. The summed E-state index contributed by atoms with van der Waals surface area (Å²) in [5.41, 5.74) is 4.94. The molecular formula is C11H9ClN4. The van der Waals surface area contributed by atoms with E-state index < -0.39 is 0 Å². The third-order valence-electron chi connectivity index (χ3n) is 1.95. The van der Waals surface area contributed by atoms with Crippen LogP contribution in [-0.2, 0) is 0 Å². The fraction of sp³-hybridized carbons (Fsp3) is 0.182. The number of nitrogens with zero attached hydrogens (tertiary/aromatic N) is 3. The lowest BCUT2D eigenvalue weighted by Crippen LogP contribution is -1.97. The first-order valence-corrected chi connectivity index (χ1v) is 4.87. The van der Waals surface area contributed by atoms with Crippen molar-refractivity contribution in [2.24, 2.45) is 5.10 Å². The van der Waals surface area contributed by atoms with E-state index in [1.807, 2.05) is 13.8 Å². The highest BCUT2D eigenvalue weighted by atomic mass is 35.5. The van der Waals surface area contributed by atoms with E-state index in [4.69, 9.17) is 22.1 Å². The average Bonchev–Trinajstić information content (AvgIpc) is 2.27. The van der Waals surface area contributed by atoms with E-state index in [1.165, 1.54) is 0 Å². The number of halogens is 1. The molecule has 0 aliphatic carbocycles. The molecule has 0 fully saturated rings. The Morgan fingerprint density at radius 1 is 1.25 bits per heavy atom. The number of hydrogen-bond donors (Lipinski definition) is 1. The number of rotatable bonds is 2. The van der Waals surface area contributed by atoms with Crippen LogP contribution in [0.15, 0.2) is 17.2 Å². The second-order valence-corrected chi connectivity index (χ2v) is 3.60. The van der Waals surface area contributed by atoms with Crippen molar-refractivity contribution in [1.82, 2.24) is 0 Å². The van der Waals surface area contributed by atoms with E-state index in [2.05, 4.69) is 10.5 Å². The van der Waals surface area contributed by atoms with Gasteiger partial charge in [-0.1, -0.05) is 11.6 Å². The van der Waals surface area contributed by atoms with Crippen LogP contribution >= 0.6 is 11.6 Å². The van der Waals surface area contributed by atoms with Crippen LogP contribution in [0.25, 0.3) is 0 Å². The number of nitrogens with one attached hydrogen (secondary N) is 1. The fourth-order valence-electron chi connectivity index (χ4n) is 1.21. The van der Waals surface area contributed by atoms with Crippen LogP contribution in [0, 0.1) is 36.5 Å². The maximum absolute atomic E-state index is 8.49. The summed E-state index contributed by atoms with van der Waals surface area (Å²) in [5.74, 6) is 0. The summed E-state index contributed by atoms with van der Waals surface area (Å²) in [5, 5.41) is 21.3. The Kier molecular flexibility index (Phi) is 3.88. The Morgan fingerprint density at radius 3 is 2.19 bits per heavy atom. The summed E-state index contributed by atoms with van der Waals surface area (Å²) < 4.78 is 0. The molecule has 80 valence electrons. The summed E-state index contributed by atoms with van der Waals surface area (Å²) in [7, 11) is 0. The van der Waals surface area contributed by atoms with Gasteiger partial charge in [0.15, 0.2) is 0 Å². The van der Waals surface area contributed by atoms with Gasteiger partial charge in [0.2, 0.25) is 5.71 Å². The van der Waals surface area contributed by atoms with Gasteiger partial charge in [0, 0.05) is 5.02 Å². The third kappa shape index (κ3) is 2.73. The molecule has 0 spiro atoms. The molecule has 5 heteroatoms. The summed E-state index contributed by atoms with van der Waals surface area (Å²) in [6, 6.07) is 6.92. The lowest BCUT2D eigenvalue weighted by Gasteiger charge is -2.06. The molecule has 0 heterocycles. The van der Waals surface area contributed by atoms with Crippen LogP contribution in [-0.4, -0.2) is 5.71 Å². The minimum atomic E-state index is -0.217. The number of hydrazone groups is 1. The van der Waals surface area contributed by atoms with Crippen molar-refractivity contribution in [3.05, 3.63) is 28.3 Å². The predicted molar refractivity (Wildman–Crippen MR) is 63.2 cm³/mol. The topological polar surface area (TPSA) is 72.0 Å². The molecule has 1 N–H and O–H groups in total. The quantitative estimate of drug-likeness (QED) is 0.630. The standard InChI is InChI=1S/C11H9ClN4/c1-7-3-9(4-8(2)11(7)12)15-16-10(5-13)6-14/h3-4,15H,1-2H3. The molecule has 0 unspecified atom stereocenters. The Hall–Kier alpha value is -2.04. The van der Waals surface area contributed by atoms with Gasteiger partial charge in [-0.25, -0.2) is 0 Å². The van der Waals surface area contributed by atoms with Gasteiger partial charge >= 0.3 is 0 Å². The Bertz CT molecular complexity index is 481. The van der Waals surface area contributed by atoms with Crippen molar-refractivity contribution >= 4 is 23.0 Å². The SMILES string of the molecule is Cc1cc(NN=C(C#N)C#N)cc(C)c1Cl. The number of nitriles is 2. The zero-order valence-electron chi connectivity index (χ0n) is 8.87. The van der Waals surface area contributed by atoms with Crippen molar-refractivity contribution in [1.29, 1.82) is 10.5 Å². The van der Waals surface area contributed by atoms with Crippen LogP contribution in [0.3, 0.4) is 0 Å². The molecule has 1 rings (SSSR count). The molecule has 0 aliphatic heterocycles. The minimum absolute atomic E-state index is 0.217. The van der Waals surface area contributed by atoms with Gasteiger partial charge in [-0.05, 0) is 37.1 Å². The first-order valence-electron chi connectivity index (χ1n) is 4.49. The molecule has 0 amide bonds. The maximum atomic E-state index is 8.49. The van der Waals surface area contributed by atoms with Crippen molar-refractivity contribution in [2.75, 3.05) is 5.43 Å². The Morgan fingerprint density at radius 2 is 1.75 bits per heavy atom. The fourth-order valence-corrected chi connectivity index (χ4v) is 1.32. The normalized spacial score (nSPS) is 8.81. The van der Waals surface area contributed by atoms with E-state index in [0.717, 1.165) is 11.1 Å². The zero-order valence-corrected chi connectivity index (χ0v) is 9.63. The largest absolute Gasteiger partial charge is 0.276 e. The second-order valence-electron chi connectivity index (χ2n) is 3.22. The summed E-state index contributed by atoms with van der Waals surface area (Å²) >= 11 is 6.00. The molecule has 4 nitrogen and oxygen atoms in total. The van der Waals surface area contributed by atoms with Crippen LogP contribution in [0.1, 0.15) is 11.1 Å². The van der Waals surface area contributed by atoms with E-state index >= 15 is 0 Å². The predicted octanol–water partition coefficient (Wildman–Crippen LogP) is 2.77. The van der Waals surface area contributed by atoms with Crippen molar-refractivity contribution in [2.45, 2.75) is 13.8 Å². The van der Waals surface area contributed by atoms with Gasteiger partial charge in [0.1, 0.15) is 12.1 Å². The van der Waals surface area contributed by atoms with Gasteiger partial charge in [-0.3, -0.25) is 5.43 Å². The Balaban J connectivity index is 2.98. The van der Waals surface area contributed by atoms with Gasteiger partial charge < -0.3 is 0 Å². The van der Waals surface area contributed by atoms with E-state index in [-0.39, 0.29) is 5.71 Å². The summed E-state index contributed by atoms with van der Waals surface area (Å²) in [4.78, 5) is 0. The molecule has 0 bridgehead atoms. The molecule has 0 atom stereocenters. The maximum Gasteiger partial charge on any atom is 0.237 e. The van der Waals surface area contributed by atoms with Crippen LogP contribution in [0.4, 0.5) is 5.69 Å². The second kappa shape index (κ2) is 5.16. The van der Waals surface area contributed by atoms with Crippen LogP contribution in [0.2, 0.25) is 5.02 Å². The minimum Gasteiger partial charge on any atom is -0.276 e. The third-order valence-corrected chi connectivity index (χ3v) is 2.54. The van der Waals surface area contributed by atoms with Gasteiger partial charge in [0.25, 0.3) is 0 Å². The number of hydrogen-bond acceptors (Lipinski definition) is 4. The highest BCUT2D eigenvalue weighted by Crippen LogP contribution is 2.24. The molecular weight excluding hydrogens is 224 g/mol. The van der Waals surface area contributed by atoms with Crippen molar-refractivity contribution in [3.8, 4) is 12.1 Å². The van der Waals surface area contributed by atoms with Gasteiger partial charge in [-0.2, -0.15) is 15.6 Å². The first-order chi connectivity index (χ1) is 7.58. The molecule has 0 radical (unpaired) electrons.